The van der Waals surface area contributed by atoms with Crippen LogP contribution in [0.1, 0.15) is 122 Å². The predicted molar refractivity (Wildman–Crippen MR) is 280 cm³/mol. The van der Waals surface area contributed by atoms with Gasteiger partial charge in [-0.3, -0.25) is 33.8 Å². The van der Waals surface area contributed by atoms with Crippen molar-refractivity contribution in [2.75, 3.05) is 91.6 Å². The summed E-state index contributed by atoms with van der Waals surface area (Å²) in [6, 6.07) is 18.7. The zero-order valence-electron chi connectivity index (χ0n) is 43.5. The van der Waals surface area contributed by atoms with E-state index in [1.807, 2.05) is 62.1 Å². The van der Waals surface area contributed by atoms with E-state index in [1.165, 1.54) is 6.07 Å². The number of H-pyrrole nitrogens is 1. The topological polar surface area (TPSA) is 172 Å². The van der Waals surface area contributed by atoms with E-state index in [2.05, 4.69) is 25.3 Å². The number of hydrogen-bond donors (Lipinski definition) is 2. The molecule has 0 radical (unpaired) electrons. The van der Waals surface area contributed by atoms with Crippen molar-refractivity contribution in [3.63, 3.8) is 0 Å². The Bertz CT molecular complexity index is 2710. The number of likely N-dealkylation sites (tertiary alicyclic amines) is 2. The number of benzene rings is 3. The number of nitrogens with one attached hydrogen (secondary N) is 2. The molecule has 0 bridgehead atoms. The summed E-state index contributed by atoms with van der Waals surface area (Å²) in [5.74, 6) is -0.539. The molecule has 1 aromatic heterocycles. The monoisotopic (exact) mass is 1020 g/mol. The molecule has 5 amide bonds. The number of fused-ring (bicyclic) bond motifs is 1. The number of rotatable bonds is 12. The van der Waals surface area contributed by atoms with Crippen molar-refractivity contribution >= 4 is 40.5 Å². The predicted octanol–water partition coefficient (Wildman–Crippen LogP) is 6.29. The highest BCUT2D eigenvalue weighted by atomic mass is 19.1. The molecular weight excluding hydrogens is 942 g/mol. The number of piperidine rings is 2. The highest BCUT2D eigenvalue weighted by molar-refractivity contribution is 5.98. The number of carbonyl (C=O) groups excluding carboxylic acids is 5. The van der Waals surface area contributed by atoms with Crippen molar-refractivity contribution in [1.29, 1.82) is 0 Å². The molecule has 396 valence electrons. The van der Waals surface area contributed by atoms with Crippen molar-refractivity contribution < 1.29 is 33.1 Å². The van der Waals surface area contributed by atoms with E-state index in [4.69, 9.17) is 4.74 Å². The summed E-state index contributed by atoms with van der Waals surface area (Å²) in [5.41, 5.74) is 1.98. The molecule has 1 aliphatic carbocycles. The van der Waals surface area contributed by atoms with Crippen molar-refractivity contribution in [3.8, 4) is 0 Å². The minimum Gasteiger partial charge on any atom is -0.444 e. The Labute approximate surface area is 433 Å². The number of ether oxygens (including phenoxy) is 1. The number of nitrogens with zero attached hydrogens (tertiary/aromatic N) is 7. The van der Waals surface area contributed by atoms with Gasteiger partial charge in [-0.05, 0) is 126 Å². The third-order valence-electron chi connectivity index (χ3n) is 16.0. The lowest BCUT2D eigenvalue weighted by atomic mass is 9.83. The number of aromatic amines is 1. The fraction of sp³-hybridized carbons (Fsp3) is 0.561. The number of hydrogen-bond acceptors (Lipinski definition) is 10. The number of carbonyl (C=O) groups is 5. The Morgan fingerprint density at radius 3 is 2.16 bits per heavy atom. The van der Waals surface area contributed by atoms with E-state index in [0.717, 1.165) is 96.1 Å². The molecule has 17 heteroatoms. The average Bonchev–Trinajstić information content (AvgIpc) is 3.41. The van der Waals surface area contributed by atoms with Crippen LogP contribution in [0.5, 0.6) is 0 Å². The largest absolute Gasteiger partial charge is 0.444 e. The average molecular weight is 1020 g/mol. The number of halogens is 1. The van der Waals surface area contributed by atoms with Crippen molar-refractivity contribution in [2.45, 2.75) is 103 Å². The van der Waals surface area contributed by atoms with Crippen LogP contribution in [-0.4, -0.2) is 173 Å². The first-order chi connectivity index (χ1) is 35.7. The van der Waals surface area contributed by atoms with Crippen LogP contribution < -0.4 is 10.9 Å². The fourth-order valence-electron chi connectivity index (χ4n) is 11.8. The smallest absolute Gasteiger partial charge is 0.410 e. The Morgan fingerprint density at radius 1 is 0.730 bits per heavy atom. The minimum atomic E-state index is -0.607. The number of amides is 5. The van der Waals surface area contributed by atoms with Crippen LogP contribution in [0.3, 0.4) is 0 Å². The Balaban J connectivity index is 0.707. The minimum absolute atomic E-state index is 0.0126. The van der Waals surface area contributed by atoms with Crippen molar-refractivity contribution in [1.82, 2.24) is 44.9 Å². The van der Waals surface area contributed by atoms with E-state index in [9.17, 15) is 28.8 Å². The summed E-state index contributed by atoms with van der Waals surface area (Å²) in [7, 11) is 0. The van der Waals surface area contributed by atoms with Gasteiger partial charge in [-0.2, -0.15) is 5.10 Å². The summed E-state index contributed by atoms with van der Waals surface area (Å²) < 4.78 is 20.8. The standard InChI is InChI=1S/C57H74FN9O7/c1-57(2,3)74-56(73)67-22-10-15-44(37-67)42-13-9-14-43(35-42)52(69)59-51(41-11-5-4-6-12-41)55(72)66-27-25-63(26-28-66)36-39-20-23-62(24-21-39)38-50(68)64-29-31-65(32-30-64)54(71)47-33-40(18-19-48(47)58)34-49-45-16-7-8-17-46(45)53(70)61-60-49/h7-9,13-14,16-19,33,35,39,41,44,51H,4-6,10-12,15,20-32,34,36-38H2,1-3H3,(H,59,69)(H,61,70)/t44?,51-/m1/s1. The van der Waals surface area contributed by atoms with Gasteiger partial charge in [-0.1, -0.05) is 55.7 Å². The Morgan fingerprint density at radius 2 is 1.43 bits per heavy atom. The number of aromatic nitrogens is 2. The second kappa shape index (κ2) is 23.6. The third-order valence-corrected chi connectivity index (χ3v) is 16.0. The van der Waals surface area contributed by atoms with E-state index >= 15 is 4.39 Å². The molecule has 5 fully saturated rings. The first-order valence-corrected chi connectivity index (χ1v) is 27.1. The van der Waals surface area contributed by atoms with Gasteiger partial charge in [-0.25, -0.2) is 14.3 Å². The quantitative estimate of drug-likeness (QED) is 0.165. The molecule has 1 unspecified atom stereocenters. The van der Waals surface area contributed by atoms with Gasteiger partial charge in [0.1, 0.15) is 17.5 Å². The third kappa shape index (κ3) is 13.0. The zero-order valence-corrected chi connectivity index (χ0v) is 43.5. The molecule has 1 saturated carbocycles. The van der Waals surface area contributed by atoms with Crippen LogP contribution in [0.15, 0.2) is 71.5 Å². The maximum Gasteiger partial charge on any atom is 0.410 e. The van der Waals surface area contributed by atoms with E-state index < -0.39 is 23.4 Å². The maximum absolute atomic E-state index is 15.1. The van der Waals surface area contributed by atoms with Crippen molar-refractivity contribution in [2.24, 2.45) is 11.8 Å². The molecule has 5 heterocycles. The lowest BCUT2D eigenvalue weighted by Crippen LogP contribution is -2.57. The van der Waals surface area contributed by atoms with Gasteiger partial charge in [0.15, 0.2) is 0 Å². The maximum atomic E-state index is 15.1. The van der Waals surface area contributed by atoms with Gasteiger partial charge in [0.2, 0.25) is 11.8 Å². The highest BCUT2D eigenvalue weighted by Crippen LogP contribution is 2.31. The molecule has 0 spiro atoms. The van der Waals surface area contributed by atoms with Crippen LogP contribution in [0.4, 0.5) is 9.18 Å². The lowest BCUT2D eigenvalue weighted by Gasteiger charge is -2.41. The van der Waals surface area contributed by atoms with Gasteiger partial charge in [-0.15, -0.1) is 0 Å². The molecule has 5 aliphatic rings. The zero-order chi connectivity index (χ0) is 51.9. The van der Waals surface area contributed by atoms with E-state index in [1.54, 1.807) is 39.0 Å². The van der Waals surface area contributed by atoms with E-state index in [-0.39, 0.29) is 46.8 Å². The molecule has 9 rings (SSSR count). The lowest BCUT2D eigenvalue weighted by molar-refractivity contribution is -0.137. The molecular formula is C57H74FN9O7. The van der Waals surface area contributed by atoms with Crippen LogP contribution in [-0.2, 0) is 20.7 Å². The Hall–Kier alpha value is -6.20. The SMILES string of the molecule is CC(C)(C)OC(=O)N1CCCC(c2cccc(C(=O)N[C@@H](C(=O)N3CCN(CC4CCN(CC(=O)N5CCN(C(=O)c6cc(Cc7n[nH]c(=O)c8ccccc78)ccc6F)CC5)CC4)CC3)C3CCCCC3)c2)C1. The van der Waals surface area contributed by atoms with Crippen molar-refractivity contribution in [3.05, 3.63) is 111 Å². The highest BCUT2D eigenvalue weighted by Gasteiger charge is 2.37. The summed E-state index contributed by atoms with van der Waals surface area (Å²) in [5, 5.41) is 11.2. The van der Waals surface area contributed by atoms with Gasteiger partial charge in [0.25, 0.3) is 17.4 Å². The Kier molecular flexibility index (Phi) is 16.8. The molecule has 4 saturated heterocycles. The van der Waals surface area contributed by atoms with E-state index in [0.29, 0.717) is 98.8 Å². The van der Waals surface area contributed by atoms with Gasteiger partial charge < -0.3 is 29.7 Å². The summed E-state index contributed by atoms with van der Waals surface area (Å²) in [4.78, 5) is 92.5. The molecule has 16 nitrogen and oxygen atoms in total. The molecule has 2 atom stereocenters. The molecule has 74 heavy (non-hydrogen) atoms. The first-order valence-electron chi connectivity index (χ1n) is 27.1. The summed E-state index contributed by atoms with van der Waals surface area (Å²) >= 11 is 0. The molecule has 3 aromatic carbocycles. The normalized spacial score (nSPS) is 20.4. The van der Waals surface area contributed by atoms with Gasteiger partial charge in [0, 0.05) is 95.3 Å². The van der Waals surface area contributed by atoms with Crippen LogP contribution in [0.25, 0.3) is 10.8 Å². The molecule has 2 N–H and O–H groups in total. The second-order valence-corrected chi connectivity index (χ2v) is 22.3. The summed E-state index contributed by atoms with van der Waals surface area (Å²) in [6.45, 7) is 13.9. The molecule has 4 aliphatic heterocycles. The van der Waals surface area contributed by atoms with Gasteiger partial charge >= 0.3 is 6.09 Å². The molecule has 4 aromatic rings. The number of piperazine rings is 2. The van der Waals surface area contributed by atoms with Crippen LogP contribution in [0.2, 0.25) is 0 Å². The summed E-state index contributed by atoms with van der Waals surface area (Å²) in [6.07, 6.45) is 8.80. The van der Waals surface area contributed by atoms with Crippen LogP contribution >= 0.6 is 0 Å². The van der Waals surface area contributed by atoms with Crippen LogP contribution in [0, 0.1) is 17.7 Å². The van der Waals surface area contributed by atoms with Gasteiger partial charge in [0.05, 0.1) is 23.2 Å². The fourth-order valence-corrected chi connectivity index (χ4v) is 11.8. The first kappa shape index (κ1) is 52.7. The second-order valence-electron chi connectivity index (χ2n) is 22.3.